The average molecular weight is 421 g/mol. The second-order valence-corrected chi connectivity index (χ2v) is 8.91. The number of anilines is 1. The fourth-order valence-corrected chi connectivity index (χ4v) is 3.03. The van der Waals surface area contributed by atoms with E-state index in [0.717, 1.165) is 23.1 Å². The van der Waals surface area contributed by atoms with Gasteiger partial charge in [0.25, 0.3) is 5.91 Å². The van der Waals surface area contributed by atoms with Crippen molar-refractivity contribution in [2.24, 2.45) is 0 Å². The maximum atomic E-state index is 12.2. The van der Waals surface area contributed by atoms with Crippen LogP contribution in [0.2, 0.25) is 0 Å². The van der Waals surface area contributed by atoms with Crippen LogP contribution in [-0.4, -0.2) is 46.9 Å². The highest BCUT2D eigenvalue weighted by Crippen LogP contribution is 2.21. The minimum Gasteiger partial charge on any atom is -0.491 e. The monoisotopic (exact) mass is 420 g/mol. The molecule has 2 aromatic rings. The first kappa shape index (κ1) is 22.5. The SMILES string of the molecule is Cc1ccc(C)c(OCCNC(=O)[C@H](C)Oc2ccc(N(C)S(C)(=O)=O)cc2)c1. The van der Waals surface area contributed by atoms with Crippen LogP contribution in [0.25, 0.3) is 0 Å². The zero-order chi connectivity index (χ0) is 21.6. The summed E-state index contributed by atoms with van der Waals surface area (Å²) >= 11 is 0. The fraction of sp³-hybridized carbons (Fsp3) is 0.381. The second-order valence-electron chi connectivity index (χ2n) is 6.89. The van der Waals surface area contributed by atoms with E-state index in [4.69, 9.17) is 9.47 Å². The van der Waals surface area contributed by atoms with E-state index in [1.165, 1.54) is 11.4 Å². The Bertz CT molecular complexity index is 942. The molecule has 2 aromatic carbocycles. The molecular formula is C21H28N2O5S. The third kappa shape index (κ3) is 6.67. The van der Waals surface area contributed by atoms with Gasteiger partial charge in [-0.2, -0.15) is 0 Å². The van der Waals surface area contributed by atoms with E-state index in [1.54, 1.807) is 31.2 Å². The van der Waals surface area contributed by atoms with E-state index < -0.39 is 16.1 Å². The van der Waals surface area contributed by atoms with Gasteiger partial charge in [0.15, 0.2) is 6.10 Å². The largest absolute Gasteiger partial charge is 0.491 e. The summed E-state index contributed by atoms with van der Waals surface area (Å²) in [6.07, 6.45) is 0.433. The second kappa shape index (κ2) is 9.65. The quantitative estimate of drug-likeness (QED) is 0.631. The van der Waals surface area contributed by atoms with Crippen LogP contribution >= 0.6 is 0 Å². The van der Waals surface area contributed by atoms with Crippen LogP contribution in [0.1, 0.15) is 18.1 Å². The maximum Gasteiger partial charge on any atom is 0.260 e. The van der Waals surface area contributed by atoms with Crippen molar-refractivity contribution in [2.45, 2.75) is 26.9 Å². The Morgan fingerprint density at radius 1 is 1.14 bits per heavy atom. The number of carbonyl (C=O) groups excluding carboxylic acids is 1. The summed E-state index contributed by atoms with van der Waals surface area (Å²) in [4.78, 5) is 12.2. The summed E-state index contributed by atoms with van der Waals surface area (Å²) in [5.41, 5.74) is 2.68. The molecule has 8 heteroatoms. The number of rotatable bonds is 9. The van der Waals surface area contributed by atoms with E-state index in [-0.39, 0.29) is 5.91 Å². The molecule has 0 heterocycles. The highest BCUT2D eigenvalue weighted by molar-refractivity contribution is 7.92. The van der Waals surface area contributed by atoms with E-state index in [1.807, 2.05) is 32.0 Å². The molecule has 7 nitrogen and oxygen atoms in total. The summed E-state index contributed by atoms with van der Waals surface area (Å²) in [7, 11) is -1.85. The van der Waals surface area contributed by atoms with Gasteiger partial charge in [0.1, 0.15) is 18.1 Å². The van der Waals surface area contributed by atoms with Crippen LogP contribution in [0.3, 0.4) is 0 Å². The van der Waals surface area contributed by atoms with Gasteiger partial charge in [0.2, 0.25) is 10.0 Å². The van der Waals surface area contributed by atoms with Crippen LogP contribution in [-0.2, 0) is 14.8 Å². The van der Waals surface area contributed by atoms with Crippen molar-refractivity contribution in [1.29, 1.82) is 0 Å². The molecule has 0 aliphatic carbocycles. The summed E-state index contributed by atoms with van der Waals surface area (Å²) in [6, 6.07) is 12.5. The number of sulfonamides is 1. The number of ether oxygens (including phenoxy) is 2. The molecule has 0 aromatic heterocycles. The number of amides is 1. The first-order valence-corrected chi connectivity index (χ1v) is 11.1. The van der Waals surface area contributed by atoms with Gasteiger partial charge in [-0.15, -0.1) is 0 Å². The van der Waals surface area contributed by atoms with Crippen LogP contribution in [0.4, 0.5) is 5.69 Å². The average Bonchev–Trinajstić information content (AvgIpc) is 2.66. The van der Waals surface area contributed by atoms with Crippen molar-refractivity contribution < 1.29 is 22.7 Å². The number of carbonyl (C=O) groups is 1. The van der Waals surface area contributed by atoms with Crippen LogP contribution in [0.5, 0.6) is 11.5 Å². The smallest absolute Gasteiger partial charge is 0.260 e. The highest BCUT2D eigenvalue weighted by atomic mass is 32.2. The van der Waals surface area contributed by atoms with Crippen LogP contribution in [0, 0.1) is 13.8 Å². The molecule has 0 aliphatic heterocycles. The topological polar surface area (TPSA) is 84.9 Å². The Hall–Kier alpha value is -2.74. The van der Waals surface area contributed by atoms with Gasteiger partial charge in [0.05, 0.1) is 18.5 Å². The zero-order valence-electron chi connectivity index (χ0n) is 17.4. The molecule has 0 fully saturated rings. The first-order chi connectivity index (χ1) is 13.6. The number of hydrogen-bond acceptors (Lipinski definition) is 5. The zero-order valence-corrected chi connectivity index (χ0v) is 18.2. The molecule has 1 N–H and O–H groups in total. The lowest BCUT2D eigenvalue weighted by Gasteiger charge is -2.18. The summed E-state index contributed by atoms with van der Waals surface area (Å²) in [5.74, 6) is 1.03. The number of nitrogens with one attached hydrogen (secondary N) is 1. The molecule has 0 saturated carbocycles. The fourth-order valence-electron chi connectivity index (χ4n) is 2.53. The lowest BCUT2D eigenvalue weighted by molar-refractivity contribution is -0.127. The minimum absolute atomic E-state index is 0.258. The molecule has 1 amide bonds. The van der Waals surface area contributed by atoms with Gasteiger partial charge >= 0.3 is 0 Å². The molecule has 0 radical (unpaired) electrons. The van der Waals surface area contributed by atoms with Crippen molar-refractivity contribution in [3.8, 4) is 11.5 Å². The Kier molecular flexibility index (Phi) is 7.50. The van der Waals surface area contributed by atoms with E-state index in [2.05, 4.69) is 5.32 Å². The van der Waals surface area contributed by atoms with Crippen LogP contribution in [0.15, 0.2) is 42.5 Å². The molecule has 0 aliphatic rings. The highest BCUT2D eigenvalue weighted by Gasteiger charge is 2.15. The van der Waals surface area contributed by atoms with E-state index >= 15 is 0 Å². The molecule has 2 rings (SSSR count). The predicted octanol–water partition coefficient (Wildman–Crippen LogP) is 2.66. The first-order valence-electron chi connectivity index (χ1n) is 9.26. The van der Waals surface area contributed by atoms with E-state index in [9.17, 15) is 13.2 Å². The lowest BCUT2D eigenvalue weighted by atomic mass is 10.1. The summed E-state index contributed by atoms with van der Waals surface area (Å²) < 4.78 is 35.6. The Labute approximate surface area is 172 Å². The molecule has 0 spiro atoms. The number of hydrogen-bond donors (Lipinski definition) is 1. The van der Waals surface area contributed by atoms with Gasteiger partial charge in [-0.05, 0) is 62.2 Å². The third-order valence-electron chi connectivity index (χ3n) is 4.38. The Balaban J connectivity index is 1.80. The minimum atomic E-state index is -3.33. The van der Waals surface area contributed by atoms with Crippen molar-refractivity contribution in [3.63, 3.8) is 0 Å². The lowest BCUT2D eigenvalue weighted by Crippen LogP contribution is -2.38. The molecule has 29 heavy (non-hydrogen) atoms. The molecule has 0 saturated heterocycles. The number of benzene rings is 2. The maximum absolute atomic E-state index is 12.2. The molecular weight excluding hydrogens is 392 g/mol. The van der Waals surface area contributed by atoms with Crippen LogP contribution < -0.4 is 19.1 Å². The van der Waals surface area contributed by atoms with Crippen molar-refractivity contribution in [2.75, 3.05) is 30.8 Å². The number of aryl methyl sites for hydroxylation is 2. The molecule has 0 unspecified atom stereocenters. The normalized spacial score (nSPS) is 12.2. The van der Waals surface area contributed by atoms with Crippen molar-refractivity contribution in [3.05, 3.63) is 53.6 Å². The van der Waals surface area contributed by atoms with Gasteiger partial charge in [-0.3, -0.25) is 9.10 Å². The Morgan fingerprint density at radius 3 is 2.41 bits per heavy atom. The molecule has 1 atom stereocenters. The van der Waals surface area contributed by atoms with Gasteiger partial charge < -0.3 is 14.8 Å². The standard InChI is InChI=1S/C21H28N2O5S/c1-15-6-7-16(2)20(14-15)27-13-12-22-21(24)17(3)28-19-10-8-18(9-11-19)23(4)29(5,25)26/h6-11,14,17H,12-13H2,1-5H3,(H,22,24)/t17-/m0/s1. The van der Waals surface area contributed by atoms with Crippen molar-refractivity contribution in [1.82, 2.24) is 5.32 Å². The van der Waals surface area contributed by atoms with Crippen molar-refractivity contribution >= 4 is 21.6 Å². The Morgan fingerprint density at radius 2 is 1.79 bits per heavy atom. The van der Waals surface area contributed by atoms with Gasteiger partial charge in [0, 0.05) is 7.05 Å². The van der Waals surface area contributed by atoms with E-state index in [0.29, 0.717) is 24.6 Å². The third-order valence-corrected chi connectivity index (χ3v) is 5.59. The van der Waals surface area contributed by atoms with Gasteiger partial charge in [-0.1, -0.05) is 12.1 Å². The summed E-state index contributed by atoms with van der Waals surface area (Å²) in [6.45, 7) is 6.34. The number of nitrogens with zero attached hydrogens (tertiary/aromatic N) is 1. The summed E-state index contributed by atoms with van der Waals surface area (Å²) in [5, 5.41) is 2.78. The predicted molar refractivity (Wildman–Crippen MR) is 114 cm³/mol. The molecule has 0 bridgehead atoms. The molecule has 158 valence electrons. The van der Waals surface area contributed by atoms with Gasteiger partial charge in [-0.25, -0.2) is 8.42 Å².